The van der Waals surface area contributed by atoms with Gasteiger partial charge in [0.15, 0.2) is 0 Å². The van der Waals surface area contributed by atoms with Gasteiger partial charge in [0, 0.05) is 43.6 Å². The third kappa shape index (κ3) is 3.51. The fraction of sp³-hybridized carbons (Fsp3) is 0.417. The number of aryl methyl sites for hydroxylation is 1. The average Bonchev–Trinajstić information content (AvgIpc) is 2.94. The van der Waals surface area contributed by atoms with Gasteiger partial charge < -0.3 is 19.4 Å². The highest BCUT2D eigenvalue weighted by atomic mass is 16.5. The summed E-state index contributed by atoms with van der Waals surface area (Å²) in [5, 5.41) is 0. The summed E-state index contributed by atoms with van der Waals surface area (Å²) in [7, 11) is 1.66. The van der Waals surface area contributed by atoms with Crippen molar-refractivity contribution < 1.29 is 14.3 Å². The predicted octanol–water partition coefficient (Wildman–Crippen LogP) is 2.98. The Morgan fingerprint density at radius 1 is 1.07 bits per heavy atom. The Balaban J connectivity index is 1.43. The van der Waals surface area contributed by atoms with Crippen LogP contribution in [0.4, 0.5) is 11.4 Å². The van der Waals surface area contributed by atoms with E-state index in [1.54, 1.807) is 12.0 Å². The van der Waals surface area contributed by atoms with E-state index in [4.69, 9.17) is 4.74 Å². The van der Waals surface area contributed by atoms with E-state index in [1.807, 2.05) is 56.0 Å². The number of piperazine rings is 1. The number of ether oxygens (including phenoxy) is 1. The molecule has 6 nitrogen and oxygen atoms in total. The van der Waals surface area contributed by atoms with Gasteiger partial charge in [0.25, 0.3) is 0 Å². The summed E-state index contributed by atoms with van der Waals surface area (Å²) >= 11 is 0. The molecule has 0 atom stereocenters. The molecule has 1 saturated heterocycles. The van der Waals surface area contributed by atoms with Gasteiger partial charge in [-0.05, 0) is 44.5 Å². The zero-order valence-electron chi connectivity index (χ0n) is 18.1. The summed E-state index contributed by atoms with van der Waals surface area (Å²) in [5.74, 6) is 0.819. The maximum Gasteiger partial charge on any atom is 0.242 e. The second-order valence-electron chi connectivity index (χ2n) is 8.61. The number of fused-ring (bicyclic) bond motifs is 1. The number of carbonyl (C=O) groups is 2. The molecule has 4 rings (SSSR count). The SMILES string of the molecule is COc1cccc(N2CCN(C(=O)CN3C(=O)C(C)(C)c4cc(C)ccc43)CC2)c1. The minimum atomic E-state index is -0.604. The Hall–Kier alpha value is -3.02. The molecule has 158 valence electrons. The van der Waals surface area contributed by atoms with Crippen molar-refractivity contribution in [2.24, 2.45) is 0 Å². The molecule has 30 heavy (non-hydrogen) atoms. The molecule has 6 heteroatoms. The van der Waals surface area contributed by atoms with Gasteiger partial charge in [0.1, 0.15) is 12.3 Å². The molecule has 0 N–H and O–H groups in total. The molecule has 2 amide bonds. The number of amides is 2. The van der Waals surface area contributed by atoms with E-state index in [1.165, 1.54) is 0 Å². The van der Waals surface area contributed by atoms with E-state index in [0.29, 0.717) is 13.1 Å². The lowest BCUT2D eigenvalue weighted by Gasteiger charge is -2.37. The van der Waals surface area contributed by atoms with Crippen LogP contribution in [-0.2, 0) is 15.0 Å². The molecule has 2 aromatic rings. The third-order valence-electron chi connectivity index (χ3n) is 6.24. The van der Waals surface area contributed by atoms with Crippen molar-refractivity contribution in [1.82, 2.24) is 4.90 Å². The number of hydrogen-bond donors (Lipinski definition) is 0. The maximum atomic E-state index is 13.0. The van der Waals surface area contributed by atoms with Gasteiger partial charge >= 0.3 is 0 Å². The van der Waals surface area contributed by atoms with Crippen molar-refractivity contribution >= 4 is 23.2 Å². The van der Waals surface area contributed by atoms with E-state index in [-0.39, 0.29) is 18.4 Å². The molecule has 0 aliphatic carbocycles. The Labute approximate surface area is 178 Å². The van der Waals surface area contributed by atoms with Gasteiger partial charge in [0.05, 0.1) is 12.5 Å². The van der Waals surface area contributed by atoms with Gasteiger partial charge in [-0.15, -0.1) is 0 Å². The first-order chi connectivity index (χ1) is 14.3. The minimum Gasteiger partial charge on any atom is -0.497 e. The molecule has 0 aromatic heterocycles. The van der Waals surface area contributed by atoms with Gasteiger partial charge in [-0.1, -0.05) is 23.8 Å². The average molecular weight is 408 g/mol. The van der Waals surface area contributed by atoms with Crippen LogP contribution in [0.15, 0.2) is 42.5 Å². The number of hydrogen-bond acceptors (Lipinski definition) is 4. The van der Waals surface area contributed by atoms with Crippen molar-refractivity contribution in [1.29, 1.82) is 0 Å². The molecule has 0 saturated carbocycles. The predicted molar refractivity (Wildman–Crippen MR) is 118 cm³/mol. The highest BCUT2D eigenvalue weighted by Crippen LogP contribution is 2.41. The van der Waals surface area contributed by atoms with Crippen molar-refractivity contribution in [2.75, 3.05) is 49.6 Å². The van der Waals surface area contributed by atoms with Crippen LogP contribution in [0.5, 0.6) is 5.75 Å². The third-order valence-corrected chi connectivity index (χ3v) is 6.24. The van der Waals surface area contributed by atoms with Crippen molar-refractivity contribution in [3.8, 4) is 5.75 Å². The number of nitrogens with zero attached hydrogens (tertiary/aromatic N) is 3. The quantitative estimate of drug-likeness (QED) is 0.782. The monoisotopic (exact) mass is 407 g/mol. The zero-order chi connectivity index (χ0) is 21.5. The first kappa shape index (κ1) is 20.3. The molecule has 2 heterocycles. The number of anilines is 2. The normalized spacial score (nSPS) is 17.9. The Kier molecular flexibility index (Phi) is 5.18. The fourth-order valence-electron chi connectivity index (χ4n) is 4.36. The molecule has 0 unspecified atom stereocenters. The van der Waals surface area contributed by atoms with E-state index in [0.717, 1.165) is 41.3 Å². The van der Waals surface area contributed by atoms with Crippen molar-refractivity contribution in [3.05, 3.63) is 53.6 Å². The molecular weight excluding hydrogens is 378 g/mol. The van der Waals surface area contributed by atoms with E-state index < -0.39 is 5.41 Å². The van der Waals surface area contributed by atoms with E-state index in [9.17, 15) is 9.59 Å². The lowest BCUT2D eigenvalue weighted by Crippen LogP contribution is -2.52. The van der Waals surface area contributed by atoms with Crippen LogP contribution in [0.3, 0.4) is 0 Å². The summed E-state index contributed by atoms with van der Waals surface area (Å²) in [6.45, 7) is 8.79. The highest BCUT2D eigenvalue weighted by molar-refractivity contribution is 6.10. The van der Waals surface area contributed by atoms with Crippen LogP contribution < -0.4 is 14.5 Å². The van der Waals surface area contributed by atoms with Gasteiger partial charge in [0.2, 0.25) is 11.8 Å². The first-order valence-corrected chi connectivity index (χ1v) is 10.4. The zero-order valence-corrected chi connectivity index (χ0v) is 18.1. The molecule has 0 bridgehead atoms. The Bertz CT molecular complexity index is 977. The molecule has 2 aromatic carbocycles. The molecule has 0 spiro atoms. The largest absolute Gasteiger partial charge is 0.497 e. The second kappa shape index (κ2) is 7.67. The van der Waals surface area contributed by atoms with Gasteiger partial charge in [-0.2, -0.15) is 0 Å². The molecule has 0 radical (unpaired) electrons. The first-order valence-electron chi connectivity index (χ1n) is 10.4. The maximum absolute atomic E-state index is 13.0. The minimum absolute atomic E-state index is 0.00197. The summed E-state index contributed by atoms with van der Waals surface area (Å²) < 4.78 is 5.31. The highest BCUT2D eigenvalue weighted by Gasteiger charge is 2.44. The molecule has 2 aliphatic heterocycles. The summed E-state index contributed by atoms with van der Waals surface area (Å²) in [5.41, 5.74) is 3.48. The van der Waals surface area contributed by atoms with Crippen LogP contribution in [0.1, 0.15) is 25.0 Å². The standard InChI is InChI=1S/C24H29N3O3/c1-17-8-9-21-20(14-17)24(2,3)23(29)27(21)16-22(28)26-12-10-25(11-13-26)18-6-5-7-19(15-18)30-4/h5-9,14-15H,10-13,16H2,1-4H3. The molecule has 1 fully saturated rings. The summed E-state index contributed by atoms with van der Waals surface area (Å²) in [6, 6.07) is 14.0. The lowest BCUT2D eigenvalue weighted by atomic mass is 9.85. The number of methoxy groups -OCH3 is 1. The summed E-state index contributed by atoms with van der Waals surface area (Å²) in [4.78, 5) is 31.9. The van der Waals surface area contributed by atoms with Crippen LogP contribution in [0.2, 0.25) is 0 Å². The van der Waals surface area contributed by atoms with Gasteiger partial charge in [-0.3, -0.25) is 9.59 Å². The van der Waals surface area contributed by atoms with Crippen LogP contribution in [0, 0.1) is 6.92 Å². The van der Waals surface area contributed by atoms with Crippen LogP contribution in [-0.4, -0.2) is 56.5 Å². The molecular formula is C24H29N3O3. The Morgan fingerprint density at radius 2 is 1.80 bits per heavy atom. The van der Waals surface area contributed by atoms with Crippen molar-refractivity contribution in [2.45, 2.75) is 26.2 Å². The van der Waals surface area contributed by atoms with Crippen LogP contribution >= 0.6 is 0 Å². The lowest BCUT2D eigenvalue weighted by molar-refractivity contribution is -0.132. The fourth-order valence-corrected chi connectivity index (χ4v) is 4.36. The smallest absolute Gasteiger partial charge is 0.242 e. The molecule has 2 aliphatic rings. The van der Waals surface area contributed by atoms with Gasteiger partial charge in [-0.25, -0.2) is 0 Å². The number of benzene rings is 2. The summed E-state index contributed by atoms with van der Waals surface area (Å²) in [6.07, 6.45) is 0. The van der Waals surface area contributed by atoms with E-state index >= 15 is 0 Å². The Morgan fingerprint density at radius 3 is 2.50 bits per heavy atom. The van der Waals surface area contributed by atoms with Crippen molar-refractivity contribution in [3.63, 3.8) is 0 Å². The topological polar surface area (TPSA) is 53.1 Å². The van der Waals surface area contributed by atoms with Crippen LogP contribution in [0.25, 0.3) is 0 Å². The van der Waals surface area contributed by atoms with E-state index in [2.05, 4.69) is 17.0 Å². The number of carbonyl (C=O) groups excluding carboxylic acids is 2. The second-order valence-corrected chi connectivity index (χ2v) is 8.61. The number of rotatable bonds is 4.